The predicted molar refractivity (Wildman–Crippen MR) is 81.4 cm³/mol. The average molecular weight is 309 g/mol. The largest absolute Gasteiger partial charge is 0.481 e. The van der Waals surface area contributed by atoms with Crippen LogP contribution < -0.4 is 10.1 Å². The molecule has 1 aromatic carbocycles. The highest BCUT2D eigenvalue weighted by atomic mass is 32.2. The molecule has 0 aliphatic rings. The molecular formula is C14H19N3O3S. The Morgan fingerprint density at radius 1 is 1.33 bits per heavy atom. The van der Waals surface area contributed by atoms with Gasteiger partial charge in [0.25, 0.3) is 0 Å². The number of hydrogen-bond acceptors (Lipinski definition) is 5. The summed E-state index contributed by atoms with van der Waals surface area (Å²) < 4.78 is 30.5. The molecule has 1 aromatic heterocycles. The monoisotopic (exact) mass is 309 g/mol. The number of methoxy groups -OCH3 is 1. The topological polar surface area (TPSA) is 73.2 Å². The van der Waals surface area contributed by atoms with E-state index >= 15 is 0 Å². The molecule has 0 atom stereocenters. The van der Waals surface area contributed by atoms with Crippen molar-refractivity contribution in [3.8, 4) is 5.88 Å². The third-order valence-electron chi connectivity index (χ3n) is 3.22. The highest BCUT2D eigenvalue weighted by molar-refractivity contribution is 7.90. The highest BCUT2D eigenvalue weighted by Crippen LogP contribution is 2.25. The normalized spacial score (nSPS) is 11.4. The molecule has 1 N–H and O–H groups in total. The minimum atomic E-state index is -3.27. The van der Waals surface area contributed by atoms with Crippen LogP contribution in [0.3, 0.4) is 0 Å². The molecule has 0 aliphatic heterocycles. The molecule has 0 saturated carbocycles. The summed E-state index contributed by atoms with van der Waals surface area (Å²) in [5.41, 5.74) is 2.33. The summed E-state index contributed by atoms with van der Waals surface area (Å²) in [5, 5.41) is 7.45. The summed E-state index contributed by atoms with van der Waals surface area (Å²) in [6, 6.07) is 6.83. The van der Waals surface area contributed by atoms with E-state index in [1.54, 1.807) is 43.1 Å². The second-order valence-electron chi connectivity index (χ2n) is 4.82. The number of nitrogens with one attached hydrogen (secondary N) is 1. The molecule has 2 rings (SSSR count). The molecule has 114 valence electrons. The zero-order valence-electron chi connectivity index (χ0n) is 12.5. The van der Waals surface area contributed by atoms with Crippen molar-refractivity contribution < 1.29 is 13.2 Å². The van der Waals surface area contributed by atoms with Crippen molar-refractivity contribution >= 4 is 15.5 Å². The maximum atomic E-state index is 11.8. The standard InChI is InChI=1S/C14H19N3O3S/c1-10-11(14(20-3)17(2)16-10)9-15-12-7-5-6-8-13(12)21(4,18)19/h5-8,15H,9H2,1-4H3. The molecule has 6 nitrogen and oxygen atoms in total. The molecule has 0 amide bonds. The van der Waals surface area contributed by atoms with E-state index in [9.17, 15) is 8.42 Å². The number of rotatable bonds is 5. The molecular weight excluding hydrogens is 290 g/mol. The van der Waals surface area contributed by atoms with Crippen LogP contribution in [0.5, 0.6) is 5.88 Å². The summed E-state index contributed by atoms with van der Waals surface area (Å²) >= 11 is 0. The summed E-state index contributed by atoms with van der Waals surface area (Å²) in [7, 11) is 0.120. The molecule has 7 heteroatoms. The van der Waals surface area contributed by atoms with E-state index < -0.39 is 9.84 Å². The molecule has 2 aromatic rings. The maximum absolute atomic E-state index is 11.8. The van der Waals surface area contributed by atoms with E-state index in [-0.39, 0.29) is 4.90 Å². The van der Waals surface area contributed by atoms with Crippen molar-refractivity contribution in [2.24, 2.45) is 7.05 Å². The van der Waals surface area contributed by atoms with Gasteiger partial charge in [-0.3, -0.25) is 0 Å². The first-order valence-electron chi connectivity index (χ1n) is 6.44. The van der Waals surface area contributed by atoms with Crippen LogP contribution in [-0.2, 0) is 23.4 Å². The van der Waals surface area contributed by atoms with E-state index in [4.69, 9.17) is 4.74 Å². The Morgan fingerprint density at radius 3 is 2.62 bits per heavy atom. The van der Waals surface area contributed by atoms with Gasteiger partial charge in [0, 0.05) is 19.8 Å². The number of hydrogen-bond donors (Lipinski definition) is 1. The van der Waals surface area contributed by atoms with Crippen LogP contribution in [0.2, 0.25) is 0 Å². The Hall–Kier alpha value is -2.02. The fourth-order valence-corrected chi connectivity index (χ4v) is 3.12. The third kappa shape index (κ3) is 3.18. The summed E-state index contributed by atoms with van der Waals surface area (Å²) in [6.07, 6.45) is 1.20. The van der Waals surface area contributed by atoms with Gasteiger partial charge in [-0.25, -0.2) is 13.1 Å². The SMILES string of the molecule is COc1c(CNc2ccccc2S(C)(=O)=O)c(C)nn1C. The quantitative estimate of drug-likeness (QED) is 0.911. The van der Waals surface area contributed by atoms with Crippen LogP contribution in [0.1, 0.15) is 11.3 Å². The van der Waals surface area contributed by atoms with E-state index in [1.165, 1.54) is 6.26 Å². The number of ether oxygens (including phenoxy) is 1. The number of aromatic nitrogens is 2. The van der Waals surface area contributed by atoms with Gasteiger partial charge in [0.1, 0.15) is 0 Å². The van der Waals surface area contributed by atoms with Crippen molar-refractivity contribution in [1.29, 1.82) is 0 Å². The predicted octanol–water partition coefficient (Wildman–Crippen LogP) is 1.75. The van der Waals surface area contributed by atoms with Gasteiger partial charge in [0.2, 0.25) is 5.88 Å². The maximum Gasteiger partial charge on any atom is 0.216 e. The van der Waals surface area contributed by atoms with Gasteiger partial charge in [-0.05, 0) is 19.1 Å². The van der Waals surface area contributed by atoms with Crippen LogP contribution in [-0.4, -0.2) is 31.6 Å². The minimum absolute atomic E-state index is 0.283. The second-order valence-corrected chi connectivity index (χ2v) is 6.80. The Balaban J connectivity index is 2.30. The van der Waals surface area contributed by atoms with Crippen molar-refractivity contribution in [3.05, 3.63) is 35.5 Å². The zero-order valence-corrected chi connectivity index (χ0v) is 13.4. The number of anilines is 1. The third-order valence-corrected chi connectivity index (χ3v) is 4.38. The van der Waals surface area contributed by atoms with Crippen molar-refractivity contribution in [3.63, 3.8) is 0 Å². The molecule has 21 heavy (non-hydrogen) atoms. The van der Waals surface area contributed by atoms with Gasteiger partial charge >= 0.3 is 0 Å². The van der Waals surface area contributed by atoms with Crippen LogP contribution in [0, 0.1) is 6.92 Å². The van der Waals surface area contributed by atoms with E-state index in [0.717, 1.165) is 11.3 Å². The molecule has 0 bridgehead atoms. The number of aryl methyl sites for hydroxylation is 2. The first-order chi connectivity index (χ1) is 9.84. The second kappa shape index (κ2) is 5.77. The fourth-order valence-electron chi connectivity index (χ4n) is 2.26. The van der Waals surface area contributed by atoms with E-state index in [0.29, 0.717) is 18.1 Å². The highest BCUT2D eigenvalue weighted by Gasteiger charge is 2.16. The summed E-state index contributed by atoms with van der Waals surface area (Å²) in [5.74, 6) is 0.664. The van der Waals surface area contributed by atoms with Crippen molar-refractivity contribution in [2.75, 3.05) is 18.7 Å². The lowest BCUT2D eigenvalue weighted by Crippen LogP contribution is -2.07. The van der Waals surface area contributed by atoms with Crippen LogP contribution in [0.4, 0.5) is 5.69 Å². The Bertz CT molecular complexity index is 751. The smallest absolute Gasteiger partial charge is 0.216 e. The lowest BCUT2D eigenvalue weighted by Gasteiger charge is -2.11. The molecule has 0 spiro atoms. The van der Waals surface area contributed by atoms with Crippen LogP contribution in [0.25, 0.3) is 0 Å². The summed E-state index contributed by atoms with van der Waals surface area (Å²) in [4.78, 5) is 0.283. The van der Waals surface area contributed by atoms with Gasteiger partial charge in [0.05, 0.1) is 29.0 Å². The van der Waals surface area contributed by atoms with Gasteiger partial charge in [-0.2, -0.15) is 5.10 Å². The van der Waals surface area contributed by atoms with Crippen molar-refractivity contribution in [2.45, 2.75) is 18.4 Å². The van der Waals surface area contributed by atoms with Gasteiger partial charge in [-0.1, -0.05) is 12.1 Å². The molecule has 1 heterocycles. The minimum Gasteiger partial charge on any atom is -0.481 e. The molecule has 0 unspecified atom stereocenters. The first kappa shape index (κ1) is 15.4. The summed E-state index contributed by atoms with van der Waals surface area (Å²) in [6.45, 7) is 2.33. The number of nitrogens with zero attached hydrogens (tertiary/aromatic N) is 2. The Kier molecular flexibility index (Phi) is 4.22. The van der Waals surface area contributed by atoms with E-state index in [2.05, 4.69) is 10.4 Å². The number of para-hydroxylation sites is 1. The number of sulfone groups is 1. The van der Waals surface area contributed by atoms with Gasteiger partial charge < -0.3 is 10.1 Å². The molecule has 0 fully saturated rings. The van der Waals surface area contributed by atoms with Crippen LogP contribution in [0.15, 0.2) is 29.2 Å². The van der Waals surface area contributed by atoms with Gasteiger partial charge in [0.15, 0.2) is 9.84 Å². The molecule has 0 saturated heterocycles. The van der Waals surface area contributed by atoms with Crippen molar-refractivity contribution in [1.82, 2.24) is 9.78 Å². The lowest BCUT2D eigenvalue weighted by atomic mass is 10.2. The first-order valence-corrected chi connectivity index (χ1v) is 8.33. The lowest BCUT2D eigenvalue weighted by molar-refractivity contribution is 0.370. The fraction of sp³-hybridized carbons (Fsp3) is 0.357. The Labute approximate surface area is 124 Å². The average Bonchev–Trinajstić information content (AvgIpc) is 2.69. The molecule has 0 aliphatic carbocycles. The zero-order chi connectivity index (χ0) is 15.6. The molecule has 0 radical (unpaired) electrons. The Morgan fingerprint density at radius 2 is 2.00 bits per heavy atom. The number of benzene rings is 1. The van der Waals surface area contributed by atoms with Gasteiger partial charge in [-0.15, -0.1) is 0 Å². The van der Waals surface area contributed by atoms with Crippen LogP contribution >= 0.6 is 0 Å². The van der Waals surface area contributed by atoms with E-state index in [1.807, 2.05) is 6.92 Å².